The molecule has 2 aromatic rings. The van der Waals surface area contributed by atoms with Crippen molar-refractivity contribution in [2.24, 2.45) is 17.8 Å². The number of carbonyl (C=O) groups excluding carboxylic acids is 1. The van der Waals surface area contributed by atoms with Crippen molar-refractivity contribution in [3.63, 3.8) is 0 Å². The Balaban J connectivity index is 1.35. The third-order valence-corrected chi connectivity index (χ3v) is 8.75. The first-order valence-electron chi connectivity index (χ1n) is 13.5. The van der Waals surface area contributed by atoms with Crippen LogP contribution in [0.4, 0.5) is 5.69 Å². The number of nitrogens with one attached hydrogen (secondary N) is 1. The number of methoxy groups -OCH3 is 1. The van der Waals surface area contributed by atoms with E-state index in [1.807, 2.05) is 25.1 Å². The predicted octanol–water partition coefficient (Wildman–Crippen LogP) is 6.63. The molecule has 4 aliphatic rings. The van der Waals surface area contributed by atoms with Gasteiger partial charge in [0.2, 0.25) is 0 Å². The highest BCUT2D eigenvalue weighted by molar-refractivity contribution is 7.81. The minimum Gasteiger partial charge on any atom is -0.467 e. The third-order valence-electron chi connectivity index (χ3n) is 8.41. The molecule has 0 amide bonds. The van der Waals surface area contributed by atoms with E-state index in [2.05, 4.69) is 24.0 Å². The fraction of sp³-hybridized carbons (Fsp3) is 0.484. The maximum Gasteiger partial charge on any atom is 0.338 e. The van der Waals surface area contributed by atoms with Gasteiger partial charge in [-0.2, -0.15) is 0 Å². The first kappa shape index (κ1) is 26.9. The molecule has 0 saturated heterocycles. The molecule has 6 nitrogen and oxygen atoms in total. The average Bonchev–Trinajstić information content (AvgIpc) is 2.91. The lowest BCUT2D eigenvalue weighted by atomic mass is 9.48. The van der Waals surface area contributed by atoms with Gasteiger partial charge in [-0.3, -0.25) is 0 Å². The number of carbonyl (C=O) groups is 1. The van der Waals surface area contributed by atoms with Gasteiger partial charge in [-0.15, -0.1) is 0 Å². The Kier molecular flexibility index (Phi) is 8.17. The first-order chi connectivity index (χ1) is 18.4. The van der Waals surface area contributed by atoms with Crippen LogP contribution in [0.2, 0.25) is 0 Å². The van der Waals surface area contributed by atoms with E-state index in [1.165, 1.54) is 44.1 Å². The number of benzene rings is 2. The topological polar surface area (TPSA) is 66.0 Å². The van der Waals surface area contributed by atoms with Crippen LogP contribution in [-0.4, -0.2) is 37.8 Å². The Hall–Kier alpha value is -2.74. The summed E-state index contributed by atoms with van der Waals surface area (Å²) >= 11 is 5.77. The second kappa shape index (κ2) is 11.6. The molecule has 6 rings (SSSR count). The molecule has 0 heterocycles. The largest absolute Gasteiger partial charge is 0.467 e. The molecule has 7 heteroatoms. The summed E-state index contributed by atoms with van der Waals surface area (Å²) in [4.78, 5) is 12.6. The van der Waals surface area contributed by atoms with Crippen molar-refractivity contribution < 1.29 is 23.7 Å². The molecular formula is C31H37NO5S. The van der Waals surface area contributed by atoms with Crippen molar-refractivity contribution in [1.82, 2.24) is 0 Å². The Bertz CT molecular complexity index is 1140. The lowest BCUT2D eigenvalue weighted by molar-refractivity contribution is -0.150. The average molecular weight is 536 g/mol. The van der Waals surface area contributed by atoms with Gasteiger partial charge >= 0.3 is 5.97 Å². The molecule has 4 bridgehead atoms. The Morgan fingerprint density at radius 3 is 2.32 bits per heavy atom. The van der Waals surface area contributed by atoms with E-state index < -0.39 is 0 Å². The summed E-state index contributed by atoms with van der Waals surface area (Å²) in [6.45, 7) is 5.71. The van der Waals surface area contributed by atoms with Crippen molar-refractivity contribution in [3.8, 4) is 5.75 Å². The maximum atomic E-state index is 12.1. The number of esters is 1. The highest BCUT2D eigenvalue weighted by Crippen LogP contribution is 2.61. The highest BCUT2D eigenvalue weighted by Gasteiger charge is 2.52. The zero-order valence-electron chi connectivity index (χ0n) is 22.2. The standard InChI is InChI=1S/C31H37NO5S/c1-4-11-35-30(33)24-5-8-26(9-6-24)32-29(38)25-7-10-27(28(15-25)37-19-36-20(2)34-3)31-16-21-12-22(17-31)14-23(13-21)18-31/h4-10,15,20-23H,1,11-14,16-19H2,2-3H3,(H,32,38). The van der Waals surface area contributed by atoms with Crippen LogP contribution in [0.25, 0.3) is 0 Å². The molecule has 1 unspecified atom stereocenters. The summed E-state index contributed by atoms with van der Waals surface area (Å²) in [5, 5.41) is 3.29. The van der Waals surface area contributed by atoms with Crippen LogP contribution in [-0.2, 0) is 19.6 Å². The van der Waals surface area contributed by atoms with E-state index in [0.717, 1.165) is 34.8 Å². The summed E-state index contributed by atoms with van der Waals surface area (Å²) in [6, 6.07) is 13.5. The minimum absolute atomic E-state index is 0.113. The SMILES string of the molecule is C=CCOC(=O)c1ccc(NC(=S)c2ccc(C34CC5CC(CC(C5)C3)C4)c(OCOC(C)OC)c2)cc1. The van der Waals surface area contributed by atoms with Gasteiger partial charge in [0.1, 0.15) is 17.3 Å². The summed E-state index contributed by atoms with van der Waals surface area (Å²) in [5.41, 5.74) is 3.61. The fourth-order valence-electron chi connectivity index (χ4n) is 7.03. The molecule has 4 aliphatic carbocycles. The quantitative estimate of drug-likeness (QED) is 0.150. The highest BCUT2D eigenvalue weighted by atomic mass is 32.1. The van der Waals surface area contributed by atoms with E-state index in [-0.39, 0.29) is 31.1 Å². The van der Waals surface area contributed by atoms with Crippen molar-refractivity contribution in [1.29, 1.82) is 0 Å². The van der Waals surface area contributed by atoms with Gasteiger partial charge in [0.05, 0.1) is 5.56 Å². The van der Waals surface area contributed by atoms with Gasteiger partial charge in [-0.05, 0) is 98.9 Å². The Labute approximate surface area is 230 Å². The molecule has 0 aliphatic heterocycles. The Morgan fingerprint density at radius 1 is 1.08 bits per heavy atom. The maximum absolute atomic E-state index is 12.1. The summed E-state index contributed by atoms with van der Waals surface area (Å²) in [5.74, 6) is 2.96. The van der Waals surface area contributed by atoms with E-state index in [4.69, 9.17) is 31.2 Å². The first-order valence-corrected chi connectivity index (χ1v) is 13.9. The normalized spacial score (nSPS) is 26.0. The summed E-state index contributed by atoms with van der Waals surface area (Å²) in [6.07, 6.45) is 9.10. The van der Waals surface area contributed by atoms with Crippen LogP contribution < -0.4 is 10.1 Å². The number of thiocarbonyl (C=S) groups is 1. The van der Waals surface area contributed by atoms with Crippen LogP contribution in [0.3, 0.4) is 0 Å². The van der Waals surface area contributed by atoms with Gasteiger partial charge in [0, 0.05) is 23.9 Å². The molecule has 4 saturated carbocycles. The van der Waals surface area contributed by atoms with Crippen molar-refractivity contribution >= 4 is 28.9 Å². The fourth-order valence-corrected chi connectivity index (χ4v) is 7.28. The molecule has 4 fully saturated rings. The Morgan fingerprint density at radius 2 is 1.71 bits per heavy atom. The van der Waals surface area contributed by atoms with E-state index >= 15 is 0 Å². The van der Waals surface area contributed by atoms with Crippen LogP contribution >= 0.6 is 12.2 Å². The zero-order chi connectivity index (χ0) is 26.7. The smallest absolute Gasteiger partial charge is 0.338 e. The minimum atomic E-state index is -0.383. The van der Waals surface area contributed by atoms with Crippen LogP contribution in [0.5, 0.6) is 5.75 Å². The third kappa shape index (κ3) is 5.80. The van der Waals surface area contributed by atoms with Gasteiger partial charge in [-0.25, -0.2) is 4.79 Å². The molecule has 202 valence electrons. The number of hydrogen-bond donors (Lipinski definition) is 1. The second-order valence-corrected chi connectivity index (χ2v) is 11.5. The van der Waals surface area contributed by atoms with Gasteiger partial charge in [0.25, 0.3) is 0 Å². The molecule has 0 aromatic heterocycles. The van der Waals surface area contributed by atoms with Crippen molar-refractivity contribution in [3.05, 3.63) is 71.8 Å². The predicted molar refractivity (Wildman–Crippen MR) is 152 cm³/mol. The van der Waals surface area contributed by atoms with Crippen molar-refractivity contribution in [2.45, 2.75) is 57.2 Å². The molecule has 0 spiro atoms. The molecule has 2 aromatic carbocycles. The van der Waals surface area contributed by atoms with Gasteiger partial charge in [0.15, 0.2) is 13.1 Å². The van der Waals surface area contributed by atoms with Crippen LogP contribution in [0.1, 0.15) is 66.9 Å². The van der Waals surface area contributed by atoms with E-state index in [9.17, 15) is 4.79 Å². The number of ether oxygens (including phenoxy) is 4. The number of hydrogen-bond acceptors (Lipinski definition) is 6. The van der Waals surface area contributed by atoms with Gasteiger partial charge in [-0.1, -0.05) is 37.0 Å². The van der Waals surface area contributed by atoms with E-state index in [1.54, 1.807) is 25.3 Å². The summed E-state index contributed by atoms with van der Waals surface area (Å²) in [7, 11) is 1.62. The molecule has 0 radical (unpaired) electrons. The van der Waals surface area contributed by atoms with Crippen LogP contribution in [0.15, 0.2) is 55.1 Å². The van der Waals surface area contributed by atoms with Crippen molar-refractivity contribution in [2.75, 3.05) is 25.8 Å². The van der Waals surface area contributed by atoms with Crippen LogP contribution in [0, 0.1) is 17.8 Å². The number of anilines is 1. The number of rotatable bonds is 11. The zero-order valence-corrected chi connectivity index (χ0v) is 23.1. The van der Waals surface area contributed by atoms with E-state index in [0.29, 0.717) is 10.6 Å². The molecule has 1 N–H and O–H groups in total. The van der Waals surface area contributed by atoms with Gasteiger partial charge < -0.3 is 24.3 Å². The molecular weight excluding hydrogens is 498 g/mol. The lowest BCUT2D eigenvalue weighted by Crippen LogP contribution is -2.48. The molecule has 38 heavy (non-hydrogen) atoms. The monoisotopic (exact) mass is 535 g/mol. The molecule has 1 atom stereocenters. The summed E-state index contributed by atoms with van der Waals surface area (Å²) < 4.78 is 22.3. The second-order valence-electron chi connectivity index (χ2n) is 11.1. The lowest BCUT2D eigenvalue weighted by Gasteiger charge is -2.57.